The van der Waals surface area contributed by atoms with Crippen molar-refractivity contribution in [3.05, 3.63) is 30.1 Å². The van der Waals surface area contributed by atoms with Crippen molar-refractivity contribution in [1.82, 2.24) is 14.8 Å². The summed E-state index contributed by atoms with van der Waals surface area (Å²) in [5.74, 6) is 0.663. The zero-order valence-corrected chi connectivity index (χ0v) is 12.0. The van der Waals surface area contributed by atoms with Crippen molar-refractivity contribution < 1.29 is 5.11 Å². The minimum atomic E-state index is 0.270. The Morgan fingerprint density at radius 2 is 2.00 bits per heavy atom. The Labute approximate surface area is 116 Å². The smallest absolute Gasteiger partial charge is 0.0446 e. The van der Waals surface area contributed by atoms with E-state index in [2.05, 4.69) is 40.9 Å². The lowest BCUT2D eigenvalue weighted by atomic mass is 10.1. The molecular weight excluding hydrogens is 238 g/mol. The minimum Gasteiger partial charge on any atom is -0.396 e. The molecule has 1 N–H and O–H groups in total. The summed E-state index contributed by atoms with van der Waals surface area (Å²) < 4.78 is 0. The molecular formula is C15H25N3O. The summed E-state index contributed by atoms with van der Waals surface area (Å²) in [5, 5.41) is 9.22. The standard InChI is InChI=1S/C15H25N3O/c1-13-9-17(2)15(5-8-19)12-18(10-13)11-14-3-6-16-7-4-14/h3-4,6-7,13,15,19H,5,8-12H2,1-2H3. The van der Waals surface area contributed by atoms with Gasteiger partial charge in [-0.05, 0) is 37.1 Å². The largest absolute Gasteiger partial charge is 0.396 e. The van der Waals surface area contributed by atoms with E-state index in [1.54, 1.807) is 0 Å². The number of nitrogens with zero attached hydrogens (tertiary/aromatic N) is 3. The van der Waals surface area contributed by atoms with Crippen LogP contribution in [0.25, 0.3) is 0 Å². The lowest BCUT2D eigenvalue weighted by molar-refractivity contribution is 0.162. The van der Waals surface area contributed by atoms with Crippen LogP contribution in [0.5, 0.6) is 0 Å². The maximum Gasteiger partial charge on any atom is 0.0446 e. The number of hydrogen-bond donors (Lipinski definition) is 1. The molecule has 0 radical (unpaired) electrons. The van der Waals surface area contributed by atoms with Crippen molar-refractivity contribution in [3.8, 4) is 0 Å². The van der Waals surface area contributed by atoms with Crippen LogP contribution in [0.1, 0.15) is 18.9 Å². The molecule has 0 aliphatic carbocycles. The average Bonchev–Trinajstić information content (AvgIpc) is 2.50. The molecule has 2 rings (SSSR count). The number of rotatable bonds is 4. The van der Waals surface area contributed by atoms with Crippen LogP contribution >= 0.6 is 0 Å². The van der Waals surface area contributed by atoms with E-state index in [4.69, 9.17) is 0 Å². The zero-order valence-electron chi connectivity index (χ0n) is 12.0. The molecule has 106 valence electrons. The van der Waals surface area contributed by atoms with Crippen LogP contribution in [-0.2, 0) is 6.54 Å². The average molecular weight is 263 g/mol. The highest BCUT2D eigenvalue weighted by Crippen LogP contribution is 2.17. The van der Waals surface area contributed by atoms with Crippen LogP contribution in [-0.4, -0.2) is 59.2 Å². The Hall–Kier alpha value is -0.970. The van der Waals surface area contributed by atoms with E-state index in [9.17, 15) is 5.11 Å². The fourth-order valence-electron chi connectivity index (χ4n) is 2.99. The summed E-state index contributed by atoms with van der Waals surface area (Å²) in [5.41, 5.74) is 1.31. The van der Waals surface area contributed by atoms with Gasteiger partial charge in [-0.3, -0.25) is 9.88 Å². The van der Waals surface area contributed by atoms with Gasteiger partial charge in [0, 0.05) is 51.2 Å². The quantitative estimate of drug-likeness (QED) is 0.886. The third-order valence-electron chi connectivity index (χ3n) is 3.88. The van der Waals surface area contributed by atoms with Gasteiger partial charge in [-0.25, -0.2) is 0 Å². The van der Waals surface area contributed by atoms with Crippen LogP contribution in [0, 0.1) is 5.92 Å². The monoisotopic (exact) mass is 263 g/mol. The molecule has 19 heavy (non-hydrogen) atoms. The molecule has 1 aliphatic rings. The summed E-state index contributed by atoms with van der Waals surface area (Å²) in [4.78, 5) is 8.97. The highest BCUT2D eigenvalue weighted by molar-refractivity contribution is 5.09. The SMILES string of the molecule is CC1CN(Cc2ccncc2)CC(CCO)N(C)C1. The predicted molar refractivity (Wildman–Crippen MR) is 76.8 cm³/mol. The first-order valence-electron chi connectivity index (χ1n) is 7.11. The summed E-state index contributed by atoms with van der Waals surface area (Å²) in [6.07, 6.45) is 4.57. The van der Waals surface area contributed by atoms with Gasteiger partial charge in [-0.15, -0.1) is 0 Å². The third kappa shape index (κ3) is 4.27. The maximum absolute atomic E-state index is 9.22. The molecule has 2 atom stereocenters. The second-order valence-electron chi connectivity index (χ2n) is 5.76. The maximum atomic E-state index is 9.22. The van der Waals surface area contributed by atoms with E-state index in [0.717, 1.165) is 32.6 Å². The lowest BCUT2D eigenvalue weighted by Crippen LogP contribution is -2.39. The summed E-state index contributed by atoms with van der Waals surface area (Å²) in [6, 6.07) is 4.62. The molecule has 2 heterocycles. The van der Waals surface area contributed by atoms with Crippen molar-refractivity contribution in [2.45, 2.75) is 25.9 Å². The number of pyridine rings is 1. The molecule has 2 unspecified atom stereocenters. The minimum absolute atomic E-state index is 0.270. The van der Waals surface area contributed by atoms with Gasteiger partial charge < -0.3 is 10.0 Å². The van der Waals surface area contributed by atoms with Crippen LogP contribution in [0.2, 0.25) is 0 Å². The van der Waals surface area contributed by atoms with E-state index in [0.29, 0.717) is 12.0 Å². The normalized spacial score (nSPS) is 26.3. The Balaban J connectivity index is 2.02. The second-order valence-corrected chi connectivity index (χ2v) is 5.76. The first-order chi connectivity index (χ1) is 9.19. The van der Waals surface area contributed by atoms with Gasteiger partial charge in [-0.2, -0.15) is 0 Å². The predicted octanol–water partition coefficient (Wildman–Crippen LogP) is 1.22. The van der Waals surface area contributed by atoms with Crippen LogP contribution < -0.4 is 0 Å². The molecule has 1 aliphatic heterocycles. The highest BCUT2D eigenvalue weighted by Gasteiger charge is 2.25. The summed E-state index contributed by atoms with van der Waals surface area (Å²) in [6.45, 7) is 6.81. The number of aliphatic hydroxyl groups is 1. The molecule has 0 saturated carbocycles. The zero-order chi connectivity index (χ0) is 13.7. The second kappa shape index (κ2) is 6.98. The van der Waals surface area contributed by atoms with Crippen molar-refractivity contribution >= 4 is 0 Å². The van der Waals surface area contributed by atoms with E-state index in [1.807, 2.05) is 12.4 Å². The first kappa shape index (κ1) is 14.4. The van der Waals surface area contributed by atoms with Gasteiger partial charge in [0.05, 0.1) is 0 Å². The van der Waals surface area contributed by atoms with Gasteiger partial charge in [0.1, 0.15) is 0 Å². The van der Waals surface area contributed by atoms with E-state index >= 15 is 0 Å². The van der Waals surface area contributed by atoms with Gasteiger partial charge in [-0.1, -0.05) is 6.92 Å². The lowest BCUT2D eigenvalue weighted by Gasteiger charge is -2.28. The molecule has 4 heteroatoms. The Kier molecular flexibility index (Phi) is 5.31. The van der Waals surface area contributed by atoms with Crippen molar-refractivity contribution in [3.63, 3.8) is 0 Å². The van der Waals surface area contributed by atoms with Crippen molar-refractivity contribution in [2.24, 2.45) is 5.92 Å². The molecule has 1 fully saturated rings. The molecule has 1 aromatic rings. The summed E-state index contributed by atoms with van der Waals surface area (Å²) >= 11 is 0. The molecule has 1 aromatic heterocycles. The van der Waals surface area contributed by atoms with Crippen LogP contribution in [0.4, 0.5) is 0 Å². The fourth-order valence-corrected chi connectivity index (χ4v) is 2.99. The molecule has 0 bridgehead atoms. The Bertz CT molecular complexity index is 371. The molecule has 1 saturated heterocycles. The number of aromatic nitrogens is 1. The number of hydrogen-bond acceptors (Lipinski definition) is 4. The number of aliphatic hydroxyl groups excluding tert-OH is 1. The number of likely N-dealkylation sites (N-methyl/N-ethyl adjacent to an activating group) is 1. The first-order valence-corrected chi connectivity index (χ1v) is 7.11. The fraction of sp³-hybridized carbons (Fsp3) is 0.667. The molecule has 0 amide bonds. The van der Waals surface area contributed by atoms with Gasteiger partial charge in [0.2, 0.25) is 0 Å². The van der Waals surface area contributed by atoms with Crippen molar-refractivity contribution in [2.75, 3.05) is 33.3 Å². The Morgan fingerprint density at radius 3 is 2.68 bits per heavy atom. The molecule has 4 nitrogen and oxygen atoms in total. The summed E-state index contributed by atoms with van der Waals surface area (Å²) in [7, 11) is 2.17. The van der Waals surface area contributed by atoms with Crippen LogP contribution in [0.15, 0.2) is 24.5 Å². The van der Waals surface area contributed by atoms with Crippen LogP contribution in [0.3, 0.4) is 0 Å². The third-order valence-corrected chi connectivity index (χ3v) is 3.88. The Morgan fingerprint density at radius 1 is 1.26 bits per heavy atom. The van der Waals surface area contributed by atoms with Gasteiger partial charge in [0.15, 0.2) is 0 Å². The molecule has 0 spiro atoms. The van der Waals surface area contributed by atoms with Crippen molar-refractivity contribution in [1.29, 1.82) is 0 Å². The molecule has 0 aromatic carbocycles. The van der Waals surface area contributed by atoms with Gasteiger partial charge >= 0.3 is 0 Å². The van der Waals surface area contributed by atoms with E-state index in [1.165, 1.54) is 5.56 Å². The van der Waals surface area contributed by atoms with Gasteiger partial charge in [0.25, 0.3) is 0 Å². The highest BCUT2D eigenvalue weighted by atomic mass is 16.3. The topological polar surface area (TPSA) is 39.6 Å². The van der Waals surface area contributed by atoms with E-state index in [-0.39, 0.29) is 6.61 Å². The van der Waals surface area contributed by atoms with E-state index < -0.39 is 0 Å².